The van der Waals surface area contributed by atoms with E-state index < -0.39 is 10.0 Å². The molecule has 5 heteroatoms. The van der Waals surface area contributed by atoms with E-state index in [1.807, 2.05) is 26.0 Å². The third kappa shape index (κ3) is 3.40. The number of nitrogens with zero attached hydrogens (tertiary/aromatic N) is 1. The number of benzene rings is 1. The molecular weight excluding hydrogens is 272 g/mol. The topological polar surface area (TPSA) is 49.4 Å². The van der Waals surface area contributed by atoms with Gasteiger partial charge >= 0.3 is 0 Å². The van der Waals surface area contributed by atoms with Crippen LogP contribution in [0, 0.1) is 19.8 Å². The van der Waals surface area contributed by atoms with Crippen LogP contribution in [0.5, 0.6) is 0 Å². The highest BCUT2D eigenvalue weighted by Gasteiger charge is 2.26. The molecule has 20 heavy (non-hydrogen) atoms. The molecule has 0 amide bonds. The SMILES string of the molecule is Cc1ccc(C)c(S(=O)(=O)N(C)CC2CCCNC2)c1. The van der Waals surface area contributed by atoms with E-state index in [0.29, 0.717) is 17.4 Å². The maximum Gasteiger partial charge on any atom is 0.243 e. The molecule has 112 valence electrons. The fraction of sp³-hybridized carbons (Fsp3) is 0.600. The molecular formula is C15H24N2O2S. The van der Waals surface area contributed by atoms with Crippen molar-refractivity contribution in [3.05, 3.63) is 29.3 Å². The Morgan fingerprint density at radius 2 is 2.10 bits per heavy atom. The smallest absolute Gasteiger partial charge is 0.243 e. The van der Waals surface area contributed by atoms with Crippen molar-refractivity contribution < 1.29 is 8.42 Å². The lowest BCUT2D eigenvalue weighted by molar-refractivity contribution is 0.314. The number of aryl methyl sites for hydroxylation is 2. The van der Waals surface area contributed by atoms with Gasteiger partial charge in [-0.2, -0.15) is 0 Å². The van der Waals surface area contributed by atoms with Crippen LogP contribution in [-0.4, -0.2) is 39.4 Å². The predicted molar refractivity (Wildman–Crippen MR) is 81.3 cm³/mol. The fourth-order valence-electron chi connectivity index (χ4n) is 2.69. The maximum absolute atomic E-state index is 12.7. The molecule has 1 aliphatic rings. The zero-order chi connectivity index (χ0) is 14.8. The first-order chi connectivity index (χ1) is 9.41. The van der Waals surface area contributed by atoms with Gasteiger partial charge in [0.1, 0.15) is 0 Å². The van der Waals surface area contributed by atoms with Gasteiger partial charge in [0.15, 0.2) is 0 Å². The lowest BCUT2D eigenvalue weighted by Crippen LogP contribution is -2.39. The van der Waals surface area contributed by atoms with Gasteiger partial charge in [-0.1, -0.05) is 12.1 Å². The largest absolute Gasteiger partial charge is 0.316 e. The quantitative estimate of drug-likeness (QED) is 0.923. The monoisotopic (exact) mass is 296 g/mol. The summed E-state index contributed by atoms with van der Waals surface area (Å²) in [5.41, 5.74) is 1.78. The summed E-state index contributed by atoms with van der Waals surface area (Å²) in [5, 5.41) is 3.33. The molecule has 0 spiro atoms. The molecule has 4 nitrogen and oxygen atoms in total. The number of hydrogen-bond donors (Lipinski definition) is 1. The van der Waals surface area contributed by atoms with Crippen molar-refractivity contribution in [3.63, 3.8) is 0 Å². The molecule has 1 aromatic carbocycles. The van der Waals surface area contributed by atoms with Crippen molar-refractivity contribution in [1.29, 1.82) is 0 Å². The van der Waals surface area contributed by atoms with Gasteiger partial charge in [0, 0.05) is 13.6 Å². The van der Waals surface area contributed by atoms with E-state index >= 15 is 0 Å². The Morgan fingerprint density at radius 1 is 1.35 bits per heavy atom. The van der Waals surface area contributed by atoms with Crippen LogP contribution in [0.25, 0.3) is 0 Å². The van der Waals surface area contributed by atoms with E-state index in [1.54, 1.807) is 13.1 Å². The second-order valence-corrected chi connectivity index (χ2v) is 7.78. The lowest BCUT2D eigenvalue weighted by Gasteiger charge is -2.27. The highest BCUT2D eigenvalue weighted by atomic mass is 32.2. The van der Waals surface area contributed by atoms with Gasteiger partial charge in [-0.3, -0.25) is 0 Å². The molecule has 1 N–H and O–H groups in total. The molecule has 1 atom stereocenters. The molecule has 1 unspecified atom stereocenters. The first-order valence-electron chi connectivity index (χ1n) is 7.15. The summed E-state index contributed by atoms with van der Waals surface area (Å²) in [4.78, 5) is 0.434. The Morgan fingerprint density at radius 3 is 2.75 bits per heavy atom. The van der Waals surface area contributed by atoms with Crippen LogP contribution in [0.1, 0.15) is 24.0 Å². The number of rotatable bonds is 4. The van der Waals surface area contributed by atoms with Gasteiger partial charge in [-0.25, -0.2) is 12.7 Å². The van der Waals surface area contributed by atoms with Crippen LogP contribution < -0.4 is 5.32 Å². The van der Waals surface area contributed by atoms with Crippen molar-refractivity contribution in [2.45, 2.75) is 31.6 Å². The molecule has 0 aliphatic carbocycles. The van der Waals surface area contributed by atoms with Crippen LogP contribution in [0.2, 0.25) is 0 Å². The number of nitrogens with one attached hydrogen (secondary N) is 1. The third-order valence-electron chi connectivity index (χ3n) is 3.95. The van der Waals surface area contributed by atoms with Crippen LogP contribution in [0.15, 0.2) is 23.1 Å². The second-order valence-electron chi connectivity index (χ2n) is 5.77. The van der Waals surface area contributed by atoms with Crippen molar-refractivity contribution >= 4 is 10.0 Å². The lowest BCUT2D eigenvalue weighted by atomic mass is 10.00. The number of hydrogen-bond acceptors (Lipinski definition) is 3. The van der Waals surface area contributed by atoms with E-state index in [9.17, 15) is 8.42 Å². The maximum atomic E-state index is 12.7. The minimum atomic E-state index is -3.39. The van der Waals surface area contributed by atoms with Crippen LogP contribution >= 0.6 is 0 Å². The second kappa shape index (κ2) is 6.24. The van der Waals surface area contributed by atoms with Crippen LogP contribution in [0.3, 0.4) is 0 Å². The van der Waals surface area contributed by atoms with Gasteiger partial charge in [0.05, 0.1) is 4.90 Å². The minimum absolute atomic E-state index is 0.411. The molecule has 0 radical (unpaired) electrons. The summed E-state index contributed by atoms with van der Waals surface area (Å²) in [6, 6.07) is 5.58. The van der Waals surface area contributed by atoms with E-state index in [0.717, 1.165) is 37.1 Å². The zero-order valence-electron chi connectivity index (χ0n) is 12.5. The first kappa shape index (κ1) is 15.5. The van der Waals surface area contributed by atoms with Crippen molar-refractivity contribution in [3.8, 4) is 0 Å². The Hall–Kier alpha value is -0.910. The van der Waals surface area contributed by atoms with Gasteiger partial charge < -0.3 is 5.32 Å². The van der Waals surface area contributed by atoms with E-state index in [1.165, 1.54) is 4.31 Å². The van der Waals surface area contributed by atoms with Crippen LogP contribution in [0.4, 0.5) is 0 Å². The summed E-state index contributed by atoms with van der Waals surface area (Å²) >= 11 is 0. The summed E-state index contributed by atoms with van der Waals surface area (Å²) in [5.74, 6) is 0.411. The number of piperidine rings is 1. The molecule has 2 rings (SSSR count). The van der Waals surface area contributed by atoms with E-state index in [-0.39, 0.29) is 0 Å². The molecule has 0 bridgehead atoms. The average molecular weight is 296 g/mol. The highest BCUT2D eigenvalue weighted by molar-refractivity contribution is 7.89. The minimum Gasteiger partial charge on any atom is -0.316 e. The Labute approximate surface area is 122 Å². The Bertz CT molecular complexity index is 563. The normalized spacial score (nSPS) is 20.3. The Kier molecular flexibility index (Phi) is 4.83. The van der Waals surface area contributed by atoms with Crippen molar-refractivity contribution in [2.24, 2.45) is 5.92 Å². The molecule has 1 aliphatic heterocycles. The summed E-state index contributed by atoms with van der Waals surface area (Å²) in [7, 11) is -1.70. The molecule has 1 aromatic rings. The van der Waals surface area contributed by atoms with Gasteiger partial charge in [0.25, 0.3) is 0 Å². The van der Waals surface area contributed by atoms with Gasteiger partial charge in [-0.05, 0) is 62.9 Å². The average Bonchev–Trinajstić information content (AvgIpc) is 2.42. The van der Waals surface area contributed by atoms with Crippen molar-refractivity contribution in [1.82, 2.24) is 9.62 Å². The molecule has 0 aromatic heterocycles. The van der Waals surface area contributed by atoms with E-state index in [4.69, 9.17) is 0 Å². The molecule has 0 saturated carbocycles. The molecule has 1 saturated heterocycles. The molecule has 1 fully saturated rings. The fourth-order valence-corrected chi connectivity index (χ4v) is 4.25. The highest BCUT2D eigenvalue weighted by Crippen LogP contribution is 2.22. The predicted octanol–water partition coefficient (Wildman–Crippen LogP) is 1.92. The summed E-state index contributed by atoms with van der Waals surface area (Å²) in [6.45, 7) is 6.31. The molecule has 1 heterocycles. The van der Waals surface area contributed by atoms with Crippen LogP contribution in [-0.2, 0) is 10.0 Å². The van der Waals surface area contributed by atoms with Gasteiger partial charge in [-0.15, -0.1) is 0 Å². The number of sulfonamides is 1. The summed E-state index contributed by atoms with van der Waals surface area (Å²) in [6.07, 6.45) is 2.22. The standard InChI is InChI=1S/C15H24N2O2S/c1-12-6-7-13(2)15(9-12)20(18,19)17(3)11-14-5-4-8-16-10-14/h6-7,9,14,16H,4-5,8,10-11H2,1-3H3. The third-order valence-corrected chi connectivity index (χ3v) is 5.91. The van der Waals surface area contributed by atoms with Crippen molar-refractivity contribution in [2.75, 3.05) is 26.7 Å². The summed E-state index contributed by atoms with van der Waals surface area (Å²) < 4.78 is 26.9. The Balaban J connectivity index is 2.18. The zero-order valence-corrected chi connectivity index (χ0v) is 13.3. The van der Waals surface area contributed by atoms with E-state index in [2.05, 4.69) is 5.32 Å². The first-order valence-corrected chi connectivity index (χ1v) is 8.59. The van der Waals surface area contributed by atoms with Gasteiger partial charge in [0.2, 0.25) is 10.0 Å².